The third-order valence-corrected chi connectivity index (χ3v) is 2.95. The molecule has 5 heteroatoms. The van der Waals surface area contributed by atoms with E-state index >= 15 is 0 Å². The van der Waals surface area contributed by atoms with Crippen molar-refractivity contribution in [3.8, 4) is 6.07 Å². The number of nitrogens with zero attached hydrogens (tertiary/aromatic N) is 1. The summed E-state index contributed by atoms with van der Waals surface area (Å²) in [6.07, 6.45) is 0.780. The Balaban J connectivity index is 2.51. The van der Waals surface area contributed by atoms with Gasteiger partial charge in [0.05, 0.1) is 17.2 Å². The largest absolute Gasteiger partial charge is 0.452 e. The molecule has 1 rings (SSSR count). The summed E-state index contributed by atoms with van der Waals surface area (Å²) in [5.41, 5.74) is 0.452. The summed E-state index contributed by atoms with van der Waals surface area (Å²) in [5, 5.41) is 11.4. The predicted molar refractivity (Wildman–Crippen MR) is 74.0 cm³/mol. The molecule has 1 amide bonds. The number of rotatable bonds is 5. The van der Waals surface area contributed by atoms with E-state index in [1.54, 1.807) is 0 Å². The van der Waals surface area contributed by atoms with Gasteiger partial charge in [0.2, 0.25) is 0 Å². The average molecular weight is 274 g/mol. The Morgan fingerprint density at radius 2 is 1.90 bits per heavy atom. The molecule has 5 nitrogen and oxygen atoms in total. The maximum Gasteiger partial charge on any atom is 0.338 e. The molecule has 0 spiro atoms. The Bertz CT molecular complexity index is 527. The van der Waals surface area contributed by atoms with Gasteiger partial charge in [-0.3, -0.25) is 4.79 Å². The third kappa shape index (κ3) is 4.73. The van der Waals surface area contributed by atoms with Crippen LogP contribution in [-0.2, 0) is 9.53 Å². The molecular formula is C15H18N2O3. The van der Waals surface area contributed by atoms with Crippen LogP contribution in [0.4, 0.5) is 0 Å². The van der Waals surface area contributed by atoms with Crippen LogP contribution in [0.15, 0.2) is 24.3 Å². The van der Waals surface area contributed by atoms with Crippen molar-refractivity contribution in [2.75, 3.05) is 6.61 Å². The maximum absolute atomic E-state index is 11.7. The van der Waals surface area contributed by atoms with E-state index in [1.807, 2.05) is 26.8 Å². The monoisotopic (exact) mass is 274 g/mol. The van der Waals surface area contributed by atoms with Crippen LogP contribution in [0.2, 0.25) is 0 Å². The fourth-order valence-electron chi connectivity index (χ4n) is 1.40. The lowest BCUT2D eigenvalue weighted by Gasteiger charge is -2.24. The van der Waals surface area contributed by atoms with Gasteiger partial charge in [0.1, 0.15) is 0 Å². The first-order chi connectivity index (χ1) is 9.38. The fourth-order valence-corrected chi connectivity index (χ4v) is 1.40. The molecule has 106 valence electrons. The Morgan fingerprint density at radius 1 is 1.30 bits per heavy atom. The molecule has 0 heterocycles. The second-order valence-corrected chi connectivity index (χ2v) is 5.05. The molecule has 0 saturated carbocycles. The molecule has 1 aromatic carbocycles. The van der Waals surface area contributed by atoms with Gasteiger partial charge in [-0.05, 0) is 44.5 Å². The molecule has 0 radical (unpaired) electrons. The van der Waals surface area contributed by atoms with Gasteiger partial charge >= 0.3 is 5.97 Å². The standard InChI is InChI=1S/C15H18N2O3/c1-4-15(2,3)17-13(18)10-20-14(19)12-7-5-11(9-16)6-8-12/h5-8H,4,10H2,1-3H3,(H,17,18). The number of carbonyl (C=O) groups excluding carboxylic acids is 2. The number of nitriles is 1. The van der Waals surface area contributed by atoms with Crippen molar-refractivity contribution >= 4 is 11.9 Å². The minimum atomic E-state index is -0.584. The molecular weight excluding hydrogens is 256 g/mol. The van der Waals surface area contributed by atoms with Crippen molar-refractivity contribution in [3.05, 3.63) is 35.4 Å². The highest BCUT2D eigenvalue weighted by Gasteiger charge is 2.18. The van der Waals surface area contributed by atoms with E-state index in [4.69, 9.17) is 10.00 Å². The zero-order valence-corrected chi connectivity index (χ0v) is 11.9. The molecule has 1 N–H and O–H groups in total. The molecule has 1 aromatic rings. The van der Waals surface area contributed by atoms with Gasteiger partial charge < -0.3 is 10.1 Å². The number of esters is 1. The Kier molecular flexibility index (Phi) is 5.27. The molecule has 0 bridgehead atoms. The van der Waals surface area contributed by atoms with Crippen molar-refractivity contribution in [1.29, 1.82) is 5.26 Å². The summed E-state index contributed by atoms with van der Waals surface area (Å²) in [5.74, 6) is -0.919. The number of benzene rings is 1. The molecule has 0 aromatic heterocycles. The third-order valence-electron chi connectivity index (χ3n) is 2.95. The van der Waals surface area contributed by atoms with Crippen molar-refractivity contribution in [2.24, 2.45) is 0 Å². The first-order valence-electron chi connectivity index (χ1n) is 6.36. The second-order valence-electron chi connectivity index (χ2n) is 5.05. The number of hydrogen-bond acceptors (Lipinski definition) is 4. The number of carbonyl (C=O) groups is 2. The molecule has 0 aliphatic heterocycles. The van der Waals surface area contributed by atoms with E-state index in [9.17, 15) is 9.59 Å². The SMILES string of the molecule is CCC(C)(C)NC(=O)COC(=O)c1ccc(C#N)cc1. The van der Waals surface area contributed by atoms with E-state index in [2.05, 4.69) is 5.32 Å². The lowest BCUT2D eigenvalue weighted by atomic mass is 10.0. The minimum Gasteiger partial charge on any atom is -0.452 e. The van der Waals surface area contributed by atoms with E-state index in [-0.39, 0.29) is 18.1 Å². The molecule has 0 atom stereocenters. The summed E-state index contributed by atoms with van der Waals surface area (Å²) in [7, 11) is 0. The number of ether oxygens (including phenoxy) is 1. The predicted octanol–water partition coefficient (Wildman–Crippen LogP) is 2.02. The smallest absolute Gasteiger partial charge is 0.338 e. The van der Waals surface area contributed by atoms with Gasteiger partial charge in [-0.15, -0.1) is 0 Å². The van der Waals surface area contributed by atoms with Crippen LogP contribution in [-0.4, -0.2) is 24.0 Å². The van der Waals surface area contributed by atoms with Crippen LogP contribution < -0.4 is 5.32 Å². The summed E-state index contributed by atoms with van der Waals surface area (Å²) in [6.45, 7) is 5.44. The Hall–Kier alpha value is -2.35. The van der Waals surface area contributed by atoms with E-state index in [0.717, 1.165) is 6.42 Å². The molecule has 0 aliphatic rings. The Labute approximate surface area is 118 Å². The van der Waals surface area contributed by atoms with E-state index < -0.39 is 5.97 Å². The van der Waals surface area contributed by atoms with Crippen LogP contribution in [0.3, 0.4) is 0 Å². The highest BCUT2D eigenvalue weighted by molar-refractivity contribution is 5.91. The van der Waals surface area contributed by atoms with Gasteiger partial charge in [-0.1, -0.05) is 6.92 Å². The topological polar surface area (TPSA) is 79.2 Å². The van der Waals surface area contributed by atoms with Crippen molar-refractivity contribution in [2.45, 2.75) is 32.7 Å². The molecule has 0 fully saturated rings. The van der Waals surface area contributed by atoms with Crippen molar-refractivity contribution in [3.63, 3.8) is 0 Å². The second kappa shape index (κ2) is 6.71. The van der Waals surface area contributed by atoms with Gasteiger partial charge in [0.25, 0.3) is 5.91 Å². The first-order valence-corrected chi connectivity index (χ1v) is 6.36. The van der Waals surface area contributed by atoms with Crippen LogP contribution in [0.5, 0.6) is 0 Å². The number of hydrogen-bond donors (Lipinski definition) is 1. The van der Waals surface area contributed by atoms with Gasteiger partial charge in [0, 0.05) is 5.54 Å². The van der Waals surface area contributed by atoms with Crippen LogP contribution >= 0.6 is 0 Å². The highest BCUT2D eigenvalue weighted by atomic mass is 16.5. The van der Waals surface area contributed by atoms with Gasteiger partial charge in [0.15, 0.2) is 6.61 Å². The molecule has 0 aliphatic carbocycles. The normalized spacial score (nSPS) is 10.5. The van der Waals surface area contributed by atoms with Gasteiger partial charge in [-0.2, -0.15) is 5.26 Å². The quantitative estimate of drug-likeness (QED) is 0.833. The van der Waals surface area contributed by atoms with Gasteiger partial charge in [-0.25, -0.2) is 4.79 Å². The van der Waals surface area contributed by atoms with Crippen molar-refractivity contribution < 1.29 is 14.3 Å². The Morgan fingerprint density at radius 3 is 2.40 bits per heavy atom. The lowest BCUT2D eigenvalue weighted by Crippen LogP contribution is -2.44. The van der Waals surface area contributed by atoms with Crippen molar-refractivity contribution in [1.82, 2.24) is 5.32 Å². The zero-order valence-electron chi connectivity index (χ0n) is 11.9. The maximum atomic E-state index is 11.7. The summed E-state index contributed by atoms with van der Waals surface area (Å²) in [4.78, 5) is 23.3. The summed E-state index contributed by atoms with van der Waals surface area (Å²) < 4.78 is 4.92. The van der Waals surface area contributed by atoms with Crippen LogP contribution in [0, 0.1) is 11.3 Å². The zero-order chi connectivity index (χ0) is 15.2. The van der Waals surface area contributed by atoms with E-state index in [0.29, 0.717) is 11.1 Å². The number of amides is 1. The number of nitrogens with one attached hydrogen (secondary N) is 1. The summed E-state index contributed by atoms with van der Waals surface area (Å²) in [6, 6.07) is 8.00. The molecule has 0 saturated heterocycles. The summed E-state index contributed by atoms with van der Waals surface area (Å²) >= 11 is 0. The van der Waals surface area contributed by atoms with Crippen LogP contribution in [0.25, 0.3) is 0 Å². The molecule has 20 heavy (non-hydrogen) atoms. The fraction of sp³-hybridized carbons (Fsp3) is 0.400. The minimum absolute atomic E-state index is 0.312. The molecule has 0 unspecified atom stereocenters. The lowest BCUT2D eigenvalue weighted by molar-refractivity contribution is -0.125. The van der Waals surface area contributed by atoms with E-state index in [1.165, 1.54) is 24.3 Å². The first kappa shape index (κ1) is 15.7. The highest BCUT2D eigenvalue weighted by Crippen LogP contribution is 2.07. The average Bonchev–Trinajstić information content (AvgIpc) is 2.44. The van der Waals surface area contributed by atoms with Crippen LogP contribution in [0.1, 0.15) is 43.1 Å².